The Labute approximate surface area is 119 Å². The summed E-state index contributed by atoms with van der Waals surface area (Å²) < 4.78 is 0. The lowest BCUT2D eigenvalue weighted by molar-refractivity contribution is -0.124. The number of likely N-dealkylation sites (tertiary alicyclic amines) is 1. The zero-order valence-electron chi connectivity index (χ0n) is 11.9. The van der Waals surface area contributed by atoms with E-state index < -0.39 is 17.6 Å². The molecule has 0 radical (unpaired) electrons. The molecule has 1 aromatic carbocycles. The van der Waals surface area contributed by atoms with E-state index in [4.69, 9.17) is 0 Å². The van der Waals surface area contributed by atoms with Crippen LogP contribution in [0.15, 0.2) is 30.3 Å². The Bertz CT molecular complexity index is 451. The monoisotopic (exact) mass is 278 g/mol. The molecule has 0 aliphatic carbocycles. The molecule has 0 saturated carbocycles. The maximum absolute atomic E-state index is 12.3. The van der Waals surface area contributed by atoms with Crippen LogP contribution in [0.2, 0.25) is 0 Å². The van der Waals surface area contributed by atoms with Crippen LogP contribution in [0.5, 0.6) is 0 Å². The van der Waals surface area contributed by atoms with Crippen molar-refractivity contribution in [1.82, 2.24) is 4.90 Å². The predicted molar refractivity (Wildman–Crippen MR) is 77.3 cm³/mol. The fourth-order valence-electron chi connectivity index (χ4n) is 2.43. The molecule has 1 aliphatic heterocycles. The van der Waals surface area contributed by atoms with Gasteiger partial charge in [0, 0.05) is 25.3 Å². The van der Waals surface area contributed by atoms with Gasteiger partial charge in [-0.05, 0) is 26.0 Å². The summed E-state index contributed by atoms with van der Waals surface area (Å²) in [6.45, 7) is 5.04. The van der Waals surface area contributed by atoms with E-state index in [0.717, 1.165) is 5.69 Å². The van der Waals surface area contributed by atoms with E-state index in [1.165, 1.54) is 0 Å². The molecular formula is C15H22N2O3. The van der Waals surface area contributed by atoms with Crippen LogP contribution in [0.25, 0.3) is 0 Å². The van der Waals surface area contributed by atoms with Gasteiger partial charge >= 0.3 is 0 Å². The number of para-hydroxylation sites is 1. The minimum absolute atomic E-state index is 0.0698. The SMILES string of the molecule is CC(C)(CN1C[C@@H](O)[C@@H](O)C1)C(=O)Nc1ccccc1. The van der Waals surface area contributed by atoms with Gasteiger partial charge in [0.05, 0.1) is 17.6 Å². The highest BCUT2D eigenvalue weighted by Gasteiger charge is 2.36. The molecule has 5 heteroatoms. The molecule has 110 valence electrons. The molecule has 5 nitrogen and oxygen atoms in total. The second-order valence-electron chi connectivity index (χ2n) is 6.03. The predicted octanol–water partition coefficient (Wildman–Crippen LogP) is 0.689. The number of nitrogens with one attached hydrogen (secondary N) is 1. The van der Waals surface area contributed by atoms with Gasteiger partial charge in [0.1, 0.15) is 0 Å². The van der Waals surface area contributed by atoms with Crippen LogP contribution in [0.4, 0.5) is 5.69 Å². The number of aliphatic hydroxyl groups is 2. The zero-order chi connectivity index (χ0) is 14.8. The third kappa shape index (κ3) is 3.56. The summed E-state index contributed by atoms with van der Waals surface area (Å²) in [7, 11) is 0. The topological polar surface area (TPSA) is 72.8 Å². The zero-order valence-corrected chi connectivity index (χ0v) is 11.9. The van der Waals surface area contributed by atoms with Crippen molar-refractivity contribution < 1.29 is 15.0 Å². The lowest BCUT2D eigenvalue weighted by Gasteiger charge is -2.28. The summed E-state index contributed by atoms with van der Waals surface area (Å²) in [5, 5.41) is 22.0. The van der Waals surface area contributed by atoms with Crippen LogP contribution in [-0.4, -0.2) is 52.9 Å². The number of hydrogen-bond donors (Lipinski definition) is 3. The van der Waals surface area contributed by atoms with E-state index in [1.54, 1.807) is 0 Å². The number of nitrogens with zero attached hydrogens (tertiary/aromatic N) is 1. The molecule has 0 unspecified atom stereocenters. The van der Waals surface area contributed by atoms with Gasteiger partial charge < -0.3 is 15.5 Å². The largest absolute Gasteiger partial charge is 0.389 e. The van der Waals surface area contributed by atoms with E-state index in [0.29, 0.717) is 19.6 Å². The number of carbonyl (C=O) groups excluding carboxylic acids is 1. The summed E-state index contributed by atoms with van der Waals surface area (Å²) in [4.78, 5) is 14.2. The van der Waals surface area contributed by atoms with Crippen molar-refractivity contribution in [3.05, 3.63) is 30.3 Å². The van der Waals surface area contributed by atoms with Gasteiger partial charge in [-0.3, -0.25) is 9.69 Å². The van der Waals surface area contributed by atoms with Crippen molar-refractivity contribution in [3.8, 4) is 0 Å². The first-order valence-electron chi connectivity index (χ1n) is 6.83. The molecule has 0 bridgehead atoms. The Balaban J connectivity index is 1.94. The van der Waals surface area contributed by atoms with Crippen LogP contribution >= 0.6 is 0 Å². The number of aliphatic hydroxyl groups excluding tert-OH is 2. The summed E-state index contributed by atoms with van der Waals surface area (Å²) >= 11 is 0. The van der Waals surface area contributed by atoms with Crippen molar-refractivity contribution in [3.63, 3.8) is 0 Å². The van der Waals surface area contributed by atoms with Crippen molar-refractivity contribution in [2.24, 2.45) is 5.41 Å². The first-order valence-corrected chi connectivity index (χ1v) is 6.83. The fraction of sp³-hybridized carbons (Fsp3) is 0.533. The lowest BCUT2D eigenvalue weighted by atomic mass is 9.91. The Morgan fingerprint density at radius 2 is 1.80 bits per heavy atom. The lowest BCUT2D eigenvalue weighted by Crippen LogP contribution is -2.41. The van der Waals surface area contributed by atoms with Crippen molar-refractivity contribution in [1.29, 1.82) is 0 Å². The van der Waals surface area contributed by atoms with Gasteiger partial charge in [0.15, 0.2) is 0 Å². The van der Waals surface area contributed by atoms with E-state index in [-0.39, 0.29) is 5.91 Å². The molecule has 1 aliphatic rings. The summed E-state index contributed by atoms with van der Waals surface area (Å²) in [5.74, 6) is -0.0698. The normalized spacial score (nSPS) is 23.8. The summed E-state index contributed by atoms with van der Waals surface area (Å²) in [6.07, 6.45) is -1.44. The van der Waals surface area contributed by atoms with Crippen LogP contribution in [0.1, 0.15) is 13.8 Å². The van der Waals surface area contributed by atoms with E-state index in [9.17, 15) is 15.0 Å². The van der Waals surface area contributed by atoms with Crippen LogP contribution in [0.3, 0.4) is 0 Å². The molecule has 0 aromatic heterocycles. The standard InChI is InChI=1S/C15H22N2O3/c1-15(2,10-17-8-12(18)13(19)9-17)14(20)16-11-6-4-3-5-7-11/h3-7,12-13,18-19H,8-10H2,1-2H3,(H,16,20)/t12-,13+. The molecule has 2 atom stereocenters. The van der Waals surface area contributed by atoms with Gasteiger partial charge in [0.25, 0.3) is 0 Å². The third-order valence-electron chi connectivity index (χ3n) is 3.60. The van der Waals surface area contributed by atoms with Crippen molar-refractivity contribution in [2.45, 2.75) is 26.1 Å². The smallest absolute Gasteiger partial charge is 0.231 e. The second-order valence-corrected chi connectivity index (χ2v) is 6.03. The molecule has 0 spiro atoms. The number of carbonyl (C=O) groups is 1. The molecule has 1 aromatic rings. The third-order valence-corrected chi connectivity index (χ3v) is 3.60. The minimum atomic E-state index is -0.719. The highest BCUT2D eigenvalue weighted by Crippen LogP contribution is 2.23. The number of rotatable bonds is 4. The maximum Gasteiger partial charge on any atom is 0.231 e. The first kappa shape index (κ1) is 15.0. The maximum atomic E-state index is 12.3. The Kier molecular flexibility index (Phi) is 4.42. The van der Waals surface area contributed by atoms with E-state index in [1.807, 2.05) is 49.1 Å². The van der Waals surface area contributed by atoms with Crippen LogP contribution in [0, 0.1) is 5.41 Å². The van der Waals surface area contributed by atoms with Gasteiger partial charge in [-0.25, -0.2) is 0 Å². The van der Waals surface area contributed by atoms with Gasteiger partial charge in [-0.2, -0.15) is 0 Å². The number of hydrogen-bond acceptors (Lipinski definition) is 4. The number of anilines is 1. The van der Waals surface area contributed by atoms with Crippen LogP contribution in [-0.2, 0) is 4.79 Å². The summed E-state index contributed by atoms with van der Waals surface area (Å²) in [5.41, 5.74) is 0.173. The van der Waals surface area contributed by atoms with E-state index >= 15 is 0 Å². The Morgan fingerprint density at radius 1 is 1.25 bits per heavy atom. The number of benzene rings is 1. The van der Waals surface area contributed by atoms with Gasteiger partial charge in [0.2, 0.25) is 5.91 Å². The van der Waals surface area contributed by atoms with Gasteiger partial charge in [-0.15, -0.1) is 0 Å². The number of β-amino-alcohol motifs (C(OH)–C–C–N with tert-alkyl or cyclic N) is 2. The van der Waals surface area contributed by atoms with Crippen LogP contribution < -0.4 is 5.32 Å². The highest BCUT2D eigenvalue weighted by molar-refractivity contribution is 5.94. The molecule has 2 rings (SSSR count). The molecule has 1 heterocycles. The quantitative estimate of drug-likeness (QED) is 0.757. The average Bonchev–Trinajstić information content (AvgIpc) is 2.68. The minimum Gasteiger partial charge on any atom is -0.389 e. The molecular weight excluding hydrogens is 256 g/mol. The molecule has 1 saturated heterocycles. The molecule has 1 fully saturated rings. The highest BCUT2D eigenvalue weighted by atomic mass is 16.3. The second kappa shape index (κ2) is 5.91. The molecule has 1 amide bonds. The Hall–Kier alpha value is -1.43. The van der Waals surface area contributed by atoms with Gasteiger partial charge in [-0.1, -0.05) is 18.2 Å². The average molecular weight is 278 g/mol. The first-order chi connectivity index (χ1) is 9.38. The van der Waals surface area contributed by atoms with Crippen molar-refractivity contribution in [2.75, 3.05) is 25.0 Å². The molecule has 3 N–H and O–H groups in total. The summed E-state index contributed by atoms with van der Waals surface area (Å²) in [6, 6.07) is 9.33. The fourth-order valence-corrected chi connectivity index (χ4v) is 2.43. The Morgan fingerprint density at radius 3 is 2.35 bits per heavy atom. The van der Waals surface area contributed by atoms with E-state index in [2.05, 4.69) is 5.32 Å². The van der Waals surface area contributed by atoms with Crippen molar-refractivity contribution >= 4 is 11.6 Å². The number of amides is 1. The molecule has 20 heavy (non-hydrogen) atoms.